The highest BCUT2D eigenvalue weighted by Gasteiger charge is 2.23. The van der Waals surface area contributed by atoms with Gasteiger partial charge in [0.05, 0.1) is 20.8 Å². The van der Waals surface area contributed by atoms with Crippen molar-refractivity contribution in [2.75, 3.05) is 41.0 Å². The SMILES string of the molecule is CCOc1ccc(CNC(=NC)NC2CCN(Cc3cc(OC)cc(OC)c3)C2)cc1F. The second kappa shape index (κ2) is 11.6. The number of nitrogens with zero attached hydrogens (tertiary/aromatic N) is 2. The van der Waals surface area contributed by atoms with Crippen LogP contribution in [0.4, 0.5) is 4.39 Å². The maximum absolute atomic E-state index is 14.1. The smallest absolute Gasteiger partial charge is 0.191 e. The number of likely N-dealkylation sites (tertiary alicyclic amines) is 1. The molecule has 0 aliphatic carbocycles. The summed E-state index contributed by atoms with van der Waals surface area (Å²) in [6.45, 7) is 5.46. The number of rotatable bonds is 9. The first-order valence-corrected chi connectivity index (χ1v) is 10.9. The van der Waals surface area contributed by atoms with E-state index in [1.807, 2.05) is 31.2 Å². The topological polar surface area (TPSA) is 67.4 Å². The Labute approximate surface area is 189 Å². The molecule has 2 aromatic rings. The third-order valence-corrected chi connectivity index (χ3v) is 5.41. The number of aliphatic imine (C=N–C) groups is 1. The summed E-state index contributed by atoms with van der Waals surface area (Å²) in [6, 6.07) is 11.3. The van der Waals surface area contributed by atoms with Crippen molar-refractivity contribution < 1.29 is 18.6 Å². The van der Waals surface area contributed by atoms with E-state index in [0.29, 0.717) is 19.1 Å². The van der Waals surface area contributed by atoms with E-state index in [-0.39, 0.29) is 17.6 Å². The van der Waals surface area contributed by atoms with Crippen LogP contribution in [0.2, 0.25) is 0 Å². The van der Waals surface area contributed by atoms with Crippen molar-refractivity contribution in [2.24, 2.45) is 4.99 Å². The van der Waals surface area contributed by atoms with Gasteiger partial charge >= 0.3 is 0 Å². The Morgan fingerprint density at radius 1 is 1.12 bits per heavy atom. The molecule has 0 spiro atoms. The van der Waals surface area contributed by atoms with Gasteiger partial charge < -0.3 is 24.8 Å². The summed E-state index contributed by atoms with van der Waals surface area (Å²) in [7, 11) is 5.06. The van der Waals surface area contributed by atoms with Crippen LogP contribution in [0.1, 0.15) is 24.5 Å². The monoisotopic (exact) mass is 444 g/mol. The fraction of sp³-hybridized carbons (Fsp3) is 0.458. The molecule has 174 valence electrons. The fourth-order valence-corrected chi connectivity index (χ4v) is 3.81. The average Bonchev–Trinajstić information content (AvgIpc) is 3.24. The van der Waals surface area contributed by atoms with Crippen LogP contribution in [0.3, 0.4) is 0 Å². The number of halogens is 1. The van der Waals surface area contributed by atoms with Gasteiger partial charge in [0.1, 0.15) is 11.5 Å². The fourth-order valence-electron chi connectivity index (χ4n) is 3.81. The van der Waals surface area contributed by atoms with Gasteiger partial charge in [0.15, 0.2) is 17.5 Å². The first-order chi connectivity index (χ1) is 15.5. The van der Waals surface area contributed by atoms with Crippen molar-refractivity contribution in [3.63, 3.8) is 0 Å². The highest BCUT2D eigenvalue weighted by atomic mass is 19.1. The summed E-state index contributed by atoms with van der Waals surface area (Å²) < 4.78 is 30.1. The summed E-state index contributed by atoms with van der Waals surface area (Å²) in [4.78, 5) is 6.70. The minimum absolute atomic E-state index is 0.276. The number of methoxy groups -OCH3 is 2. The van der Waals surface area contributed by atoms with E-state index in [2.05, 4.69) is 20.5 Å². The Morgan fingerprint density at radius 2 is 1.88 bits per heavy atom. The van der Waals surface area contributed by atoms with Crippen LogP contribution in [-0.4, -0.2) is 57.9 Å². The molecule has 0 radical (unpaired) electrons. The molecule has 1 saturated heterocycles. The van der Waals surface area contributed by atoms with E-state index in [4.69, 9.17) is 14.2 Å². The molecule has 1 aliphatic rings. The average molecular weight is 445 g/mol. The van der Waals surface area contributed by atoms with E-state index >= 15 is 0 Å². The van der Waals surface area contributed by atoms with E-state index in [1.165, 1.54) is 6.07 Å². The molecular weight excluding hydrogens is 411 g/mol. The highest BCUT2D eigenvalue weighted by Crippen LogP contribution is 2.24. The molecule has 0 amide bonds. The van der Waals surface area contributed by atoms with E-state index in [1.54, 1.807) is 27.3 Å². The minimum Gasteiger partial charge on any atom is -0.497 e. The van der Waals surface area contributed by atoms with E-state index in [9.17, 15) is 4.39 Å². The Kier molecular flexibility index (Phi) is 8.56. The summed E-state index contributed by atoms with van der Waals surface area (Å²) >= 11 is 0. The maximum Gasteiger partial charge on any atom is 0.191 e. The number of ether oxygens (including phenoxy) is 3. The maximum atomic E-state index is 14.1. The Bertz CT molecular complexity index is 900. The van der Waals surface area contributed by atoms with Crippen molar-refractivity contribution in [3.8, 4) is 17.2 Å². The first-order valence-electron chi connectivity index (χ1n) is 10.9. The Morgan fingerprint density at radius 3 is 2.50 bits per heavy atom. The van der Waals surface area contributed by atoms with Gasteiger partial charge in [-0.25, -0.2) is 4.39 Å². The quantitative estimate of drug-likeness (QED) is 0.458. The van der Waals surface area contributed by atoms with Crippen molar-refractivity contribution in [3.05, 3.63) is 53.3 Å². The summed E-state index contributed by atoms with van der Waals surface area (Å²) in [5.41, 5.74) is 1.98. The molecule has 0 bridgehead atoms. The van der Waals surface area contributed by atoms with Gasteiger partial charge in [-0.2, -0.15) is 0 Å². The van der Waals surface area contributed by atoms with Crippen LogP contribution in [0, 0.1) is 5.82 Å². The van der Waals surface area contributed by atoms with Gasteiger partial charge in [-0.1, -0.05) is 6.07 Å². The molecule has 32 heavy (non-hydrogen) atoms. The van der Waals surface area contributed by atoms with Gasteiger partial charge in [-0.05, 0) is 48.7 Å². The van der Waals surface area contributed by atoms with E-state index < -0.39 is 0 Å². The Balaban J connectivity index is 1.50. The van der Waals surface area contributed by atoms with Crippen LogP contribution in [0.5, 0.6) is 17.2 Å². The molecule has 1 unspecified atom stereocenters. The number of benzene rings is 2. The number of nitrogens with one attached hydrogen (secondary N) is 2. The zero-order chi connectivity index (χ0) is 22.9. The highest BCUT2D eigenvalue weighted by molar-refractivity contribution is 5.80. The zero-order valence-electron chi connectivity index (χ0n) is 19.3. The lowest BCUT2D eigenvalue weighted by molar-refractivity contribution is 0.321. The number of hydrogen-bond donors (Lipinski definition) is 2. The molecular formula is C24H33FN4O3. The third kappa shape index (κ3) is 6.50. The Hall–Kier alpha value is -3.00. The molecule has 1 atom stereocenters. The second-order valence-corrected chi connectivity index (χ2v) is 7.71. The van der Waals surface area contributed by atoms with Crippen LogP contribution < -0.4 is 24.8 Å². The minimum atomic E-state index is -0.352. The molecule has 1 fully saturated rings. The van der Waals surface area contributed by atoms with Gasteiger partial charge in [0.2, 0.25) is 0 Å². The molecule has 2 N–H and O–H groups in total. The summed E-state index contributed by atoms with van der Waals surface area (Å²) in [6.07, 6.45) is 1.01. The van der Waals surface area contributed by atoms with Gasteiger partial charge in [0, 0.05) is 45.3 Å². The standard InChI is InChI=1S/C24H33FN4O3/c1-5-32-23-7-6-17(12-22(23)25)14-27-24(26-2)28-19-8-9-29(16-19)15-18-10-20(30-3)13-21(11-18)31-4/h6-7,10-13,19H,5,8-9,14-16H2,1-4H3,(H2,26,27,28). The van der Waals surface area contributed by atoms with Crippen LogP contribution in [0.15, 0.2) is 41.4 Å². The second-order valence-electron chi connectivity index (χ2n) is 7.71. The van der Waals surface area contributed by atoms with Crippen LogP contribution in [0.25, 0.3) is 0 Å². The van der Waals surface area contributed by atoms with E-state index in [0.717, 1.165) is 48.7 Å². The number of hydrogen-bond acceptors (Lipinski definition) is 5. The van der Waals surface area contributed by atoms with Gasteiger partial charge in [0.25, 0.3) is 0 Å². The first kappa shape index (κ1) is 23.7. The molecule has 1 aliphatic heterocycles. The molecule has 0 saturated carbocycles. The van der Waals surface area contributed by atoms with Gasteiger partial charge in [-0.3, -0.25) is 9.89 Å². The van der Waals surface area contributed by atoms with Gasteiger partial charge in [-0.15, -0.1) is 0 Å². The molecule has 3 rings (SSSR count). The van der Waals surface area contributed by atoms with Crippen molar-refractivity contribution >= 4 is 5.96 Å². The molecule has 7 nitrogen and oxygen atoms in total. The normalized spacial score (nSPS) is 16.7. The molecule has 2 aromatic carbocycles. The summed E-state index contributed by atoms with van der Waals surface area (Å²) in [5.74, 6) is 2.22. The molecule has 0 aromatic heterocycles. The molecule has 1 heterocycles. The van der Waals surface area contributed by atoms with Crippen LogP contribution >= 0.6 is 0 Å². The predicted octanol–water partition coefficient (Wildman–Crippen LogP) is 3.18. The molecule has 8 heteroatoms. The van der Waals surface area contributed by atoms with Crippen molar-refractivity contribution in [1.82, 2.24) is 15.5 Å². The van der Waals surface area contributed by atoms with Crippen LogP contribution in [-0.2, 0) is 13.1 Å². The number of guanidine groups is 1. The lowest BCUT2D eigenvalue weighted by atomic mass is 10.2. The largest absolute Gasteiger partial charge is 0.497 e. The van der Waals surface area contributed by atoms with Crippen molar-refractivity contribution in [1.29, 1.82) is 0 Å². The third-order valence-electron chi connectivity index (χ3n) is 5.41. The van der Waals surface area contributed by atoms with Crippen molar-refractivity contribution in [2.45, 2.75) is 32.5 Å². The predicted molar refractivity (Wildman–Crippen MR) is 124 cm³/mol. The lowest BCUT2D eigenvalue weighted by Crippen LogP contribution is -2.44. The zero-order valence-corrected chi connectivity index (χ0v) is 19.3. The summed E-state index contributed by atoms with van der Waals surface area (Å²) in [5, 5.41) is 6.74. The lowest BCUT2D eigenvalue weighted by Gasteiger charge is -2.19.